The minimum absolute atomic E-state index is 0.287. The van der Waals surface area contributed by atoms with E-state index in [2.05, 4.69) is 57.6 Å². The van der Waals surface area contributed by atoms with Gasteiger partial charge >= 0.3 is 0 Å². The zero-order chi connectivity index (χ0) is 12.7. The van der Waals surface area contributed by atoms with Gasteiger partial charge in [0.25, 0.3) is 0 Å². The van der Waals surface area contributed by atoms with Crippen molar-refractivity contribution >= 4 is 5.69 Å². The highest BCUT2D eigenvalue weighted by atomic mass is 15.4. The van der Waals surface area contributed by atoms with Crippen molar-refractivity contribution in [2.24, 2.45) is 5.92 Å². The molecule has 0 aliphatic carbocycles. The first kappa shape index (κ1) is 12.0. The van der Waals surface area contributed by atoms with E-state index in [9.17, 15) is 0 Å². The van der Waals surface area contributed by atoms with Crippen molar-refractivity contribution in [3.8, 4) is 12.3 Å². The highest BCUT2D eigenvalue weighted by Gasteiger charge is 2.49. The molecule has 2 atom stereocenters. The Labute approximate surface area is 105 Å². The predicted molar refractivity (Wildman–Crippen MR) is 74.4 cm³/mol. The summed E-state index contributed by atoms with van der Waals surface area (Å²) >= 11 is 0. The van der Waals surface area contributed by atoms with E-state index in [1.165, 1.54) is 22.4 Å². The van der Waals surface area contributed by atoms with Crippen LogP contribution in [-0.2, 0) is 0 Å². The summed E-state index contributed by atoms with van der Waals surface area (Å²) in [5.41, 5.74) is 5.35. The maximum Gasteiger partial charge on any atom is 0.111 e. The van der Waals surface area contributed by atoms with Gasteiger partial charge in [0, 0.05) is 5.69 Å². The van der Waals surface area contributed by atoms with E-state index in [1.807, 2.05) is 0 Å². The van der Waals surface area contributed by atoms with Crippen LogP contribution in [0.2, 0.25) is 0 Å². The van der Waals surface area contributed by atoms with Crippen molar-refractivity contribution in [2.75, 3.05) is 4.90 Å². The van der Waals surface area contributed by atoms with Gasteiger partial charge in [0.1, 0.15) is 6.04 Å². The summed E-state index contributed by atoms with van der Waals surface area (Å²) in [4.78, 5) is 2.40. The molecule has 1 aromatic carbocycles. The third-order valence-electron chi connectivity index (χ3n) is 3.60. The first-order valence-corrected chi connectivity index (χ1v) is 6.29. The Kier molecular flexibility index (Phi) is 2.91. The second-order valence-corrected chi connectivity index (χ2v) is 5.50. The van der Waals surface area contributed by atoms with Gasteiger partial charge in [-0.2, -0.15) is 0 Å². The summed E-state index contributed by atoms with van der Waals surface area (Å²) in [7, 11) is 0. The summed E-state index contributed by atoms with van der Waals surface area (Å²) in [5.74, 6) is 3.52. The molecule has 0 unspecified atom stereocenters. The van der Waals surface area contributed by atoms with Crippen molar-refractivity contribution in [1.29, 1.82) is 0 Å². The normalized spacial score (nSPS) is 22.8. The quantitative estimate of drug-likeness (QED) is 0.552. The number of aryl methyl sites for hydroxylation is 3. The molecule has 0 spiro atoms. The molecule has 1 fully saturated rings. The SMILES string of the molecule is C#C[C@H]1[C@H](C(C)C)N1c1c(C)cc(C)cc1C. The van der Waals surface area contributed by atoms with Crippen LogP contribution in [0.5, 0.6) is 0 Å². The van der Waals surface area contributed by atoms with Crippen LogP contribution >= 0.6 is 0 Å². The van der Waals surface area contributed by atoms with Gasteiger partial charge in [-0.15, -0.1) is 6.42 Å². The van der Waals surface area contributed by atoms with Crippen LogP contribution in [0, 0.1) is 39.0 Å². The number of anilines is 1. The van der Waals surface area contributed by atoms with Crippen molar-refractivity contribution in [3.05, 3.63) is 28.8 Å². The fourth-order valence-corrected chi connectivity index (χ4v) is 2.98. The average molecular weight is 227 g/mol. The Morgan fingerprint density at radius 3 is 2.06 bits per heavy atom. The Morgan fingerprint density at radius 2 is 1.71 bits per heavy atom. The number of terminal acetylenes is 1. The van der Waals surface area contributed by atoms with E-state index in [4.69, 9.17) is 6.42 Å². The highest BCUT2D eigenvalue weighted by molar-refractivity contribution is 5.68. The minimum Gasteiger partial charge on any atom is -0.349 e. The first-order valence-electron chi connectivity index (χ1n) is 6.29. The fraction of sp³-hybridized carbons (Fsp3) is 0.500. The topological polar surface area (TPSA) is 3.01 Å². The van der Waals surface area contributed by atoms with Crippen LogP contribution in [0.15, 0.2) is 12.1 Å². The van der Waals surface area contributed by atoms with Crippen LogP contribution in [0.4, 0.5) is 5.69 Å². The zero-order valence-electron chi connectivity index (χ0n) is 11.4. The van der Waals surface area contributed by atoms with Gasteiger partial charge < -0.3 is 4.90 Å². The van der Waals surface area contributed by atoms with Gasteiger partial charge in [-0.1, -0.05) is 37.5 Å². The molecular formula is C16H21N. The first-order chi connectivity index (χ1) is 7.97. The van der Waals surface area contributed by atoms with Crippen LogP contribution in [0.3, 0.4) is 0 Å². The van der Waals surface area contributed by atoms with Gasteiger partial charge in [-0.05, 0) is 37.8 Å². The van der Waals surface area contributed by atoms with Crippen molar-refractivity contribution in [2.45, 2.75) is 46.7 Å². The summed E-state index contributed by atoms with van der Waals surface area (Å²) in [6.45, 7) is 11.0. The molecule has 0 saturated carbocycles. The molecule has 0 amide bonds. The minimum atomic E-state index is 0.287. The maximum atomic E-state index is 5.63. The molecule has 1 saturated heterocycles. The molecule has 17 heavy (non-hydrogen) atoms. The van der Waals surface area contributed by atoms with E-state index in [1.54, 1.807) is 0 Å². The van der Waals surface area contributed by atoms with Gasteiger partial charge in [-0.3, -0.25) is 0 Å². The molecule has 0 radical (unpaired) electrons. The molecule has 90 valence electrons. The molecule has 1 nitrogen and oxygen atoms in total. The average Bonchev–Trinajstić information content (AvgIpc) is 2.90. The number of hydrogen-bond acceptors (Lipinski definition) is 1. The van der Waals surface area contributed by atoms with Crippen LogP contribution in [0.25, 0.3) is 0 Å². The smallest absolute Gasteiger partial charge is 0.111 e. The molecule has 0 bridgehead atoms. The standard InChI is InChI=1S/C16H21N/c1-7-14-15(10(2)3)17(14)16-12(5)8-11(4)9-13(16)6/h1,8-10,14-15H,2-6H3/t14-,15-,17?/m0/s1. The third kappa shape index (κ3) is 1.93. The van der Waals surface area contributed by atoms with Gasteiger partial charge in [-0.25, -0.2) is 0 Å². The van der Waals surface area contributed by atoms with Gasteiger partial charge in [0.15, 0.2) is 0 Å². The number of nitrogens with zero attached hydrogens (tertiary/aromatic N) is 1. The second-order valence-electron chi connectivity index (χ2n) is 5.50. The lowest BCUT2D eigenvalue weighted by atomic mass is 10.0. The largest absolute Gasteiger partial charge is 0.349 e. The van der Waals surface area contributed by atoms with Crippen molar-refractivity contribution < 1.29 is 0 Å². The van der Waals surface area contributed by atoms with Crippen molar-refractivity contribution in [1.82, 2.24) is 0 Å². The molecule has 1 heteroatoms. The van der Waals surface area contributed by atoms with Crippen molar-refractivity contribution in [3.63, 3.8) is 0 Å². The molecule has 1 aliphatic heterocycles. The summed E-state index contributed by atoms with van der Waals surface area (Å²) in [6, 6.07) is 5.28. The maximum absolute atomic E-state index is 5.63. The van der Waals surface area contributed by atoms with E-state index in [-0.39, 0.29) is 6.04 Å². The third-order valence-corrected chi connectivity index (χ3v) is 3.60. The number of hydrogen-bond donors (Lipinski definition) is 0. The molecule has 1 aliphatic rings. The zero-order valence-corrected chi connectivity index (χ0v) is 11.4. The predicted octanol–water partition coefficient (Wildman–Crippen LogP) is 3.46. The molecule has 0 N–H and O–H groups in total. The molecular weight excluding hydrogens is 206 g/mol. The molecule has 2 rings (SSSR count). The van der Waals surface area contributed by atoms with E-state index >= 15 is 0 Å². The fourth-order valence-electron chi connectivity index (χ4n) is 2.98. The Bertz CT molecular complexity index is 456. The van der Waals surface area contributed by atoms with Gasteiger partial charge in [0.05, 0.1) is 6.04 Å². The summed E-state index contributed by atoms with van der Waals surface area (Å²) in [6.07, 6.45) is 5.63. The molecule has 1 aromatic rings. The van der Waals surface area contributed by atoms with E-state index < -0.39 is 0 Å². The Hall–Kier alpha value is -1.42. The lowest BCUT2D eigenvalue weighted by Gasteiger charge is -2.15. The van der Waals surface area contributed by atoms with Crippen LogP contribution in [0.1, 0.15) is 30.5 Å². The highest BCUT2D eigenvalue weighted by Crippen LogP contribution is 2.42. The van der Waals surface area contributed by atoms with E-state index in [0.29, 0.717) is 12.0 Å². The van der Waals surface area contributed by atoms with Crippen LogP contribution < -0.4 is 4.90 Å². The Morgan fingerprint density at radius 1 is 1.18 bits per heavy atom. The number of rotatable bonds is 2. The molecule has 1 heterocycles. The van der Waals surface area contributed by atoms with E-state index in [0.717, 1.165) is 0 Å². The number of benzene rings is 1. The summed E-state index contributed by atoms with van der Waals surface area (Å²) in [5, 5.41) is 0. The lowest BCUT2D eigenvalue weighted by molar-refractivity contribution is 0.638. The second kappa shape index (κ2) is 4.11. The van der Waals surface area contributed by atoms with Crippen LogP contribution in [-0.4, -0.2) is 12.1 Å². The van der Waals surface area contributed by atoms with Gasteiger partial charge in [0.2, 0.25) is 0 Å². The monoisotopic (exact) mass is 227 g/mol. The Balaban J connectivity index is 2.40. The lowest BCUT2D eigenvalue weighted by Crippen LogP contribution is -2.08. The molecule has 0 aromatic heterocycles. The summed E-state index contributed by atoms with van der Waals surface area (Å²) < 4.78 is 0.